The second kappa shape index (κ2) is 9.60. The van der Waals surface area contributed by atoms with Gasteiger partial charge < -0.3 is 8.83 Å². The van der Waals surface area contributed by atoms with Crippen LogP contribution >= 0.6 is 0 Å². The highest BCUT2D eigenvalue weighted by Gasteiger charge is 2.35. The van der Waals surface area contributed by atoms with Crippen LogP contribution in [0.25, 0.3) is 78.6 Å². The van der Waals surface area contributed by atoms with E-state index in [1.54, 1.807) is 0 Å². The normalized spacial score (nSPS) is 13.3. The van der Waals surface area contributed by atoms with Crippen molar-refractivity contribution in [1.82, 2.24) is 15.0 Å². The van der Waals surface area contributed by atoms with E-state index in [1.807, 2.05) is 60.8 Å². The van der Waals surface area contributed by atoms with Crippen molar-refractivity contribution in [2.24, 2.45) is 0 Å². The van der Waals surface area contributed by atoms with Gasteiger partial charge in [0.15, 0.2) is 11.2 Å². The summed E-state index contributed by atoms with van der Waals surface area (Å²) in [5, 5.41) is 0. The molecule has 1 aliphatic carbocycles. The molecule has 1 aliphatic rings. The largest absolute Gasteiger partial charge is 0.436 e. The lowest BCUT2D eigenvalue weighted by atomic mass is 9.81. The van der Waals surface area contributed by atoms with Gasteiger partial charge in [-0.3, -0.25) is 4.98 Å². The number of hydrogen-bond acceptors (Lipinski definition) is 5. The van der Waals surface area contributed by atoms with Crippen molar-refractivity contribution in [3.8, 4) is 56.4 Å². The molecule has 0 saturated carbocycles. The Labute approximate surface area is 259 Å². The minimum absolute atomic E-state index is 0.0540. The Balaban J connectivity index is 1.13. The molecule has 0 bridgehead atoms. The molecule has 45 heavy (non-hydrogen) atoms. The molecule has 0 spiro atoms. The van der Waals surface area contributed by atoms with Crippen molar-refractivity contribution in [3.05, 3.63) is 139 Å². The summed E-state index contributed by atoms with van der Waals surface area (Å²) in [6, 6.07) is 41.4. The zero-order valence-electron chi connectivity index (χ0n) is 24.8. The van der Waals surface area contributed by atoms with Gasteiger partial charge in [0.2, 0.25) is 11.8 Å². The van der Waals surface area contributed by atoms with Crippen LogP contribution in [0.4, 0.5) is 0 Å². The molecular formula is C40H27N3O2. The minimum atomic E-state index is -0.0540. The van der Waals surface area contributed by atoms with Crippen LogP contribution in [0.15, 0.2) is 136 Å². The molecule has 0 radical (unpaired) electrons. The lowest BCUT2D eigenvalue weighted by Crippen LogP contribution is -2.14. The maximum absolute atomic E-state index is 6.17. The highest BCUT2D eigenvalue weighted by molar-refractivity contribution is 5.85. The topological polar surface area (TPSA) is 65.0 Å². The smallest absolute Gasteiger partial charge is 0.227 e. The van der Waals surface area contributed by atoms with Gasteiger partial charge in [-0.25, -0.2) is 9.97 Å². The van der Waals surface area contributed by atoms with Gasteiger partial charge in [0.25, 0.3) is 0 Å². The van der Waals surface area contributed by atoms with Crippen molar-refractivity contribution in [2.45, 2.75) is 19.3 Å². The van der Waals surface area contributed by atoms with Gasteiger partial charge in [-0.1, -0.05) is 80.6 Å². The van der Waals surface area contributed by atoms with Crippen molar-refractivity contribution in [2.75, 3.05) is 0 Å². The number of para-hydroxylation sites is 4. The standard InChI is InChI=1S/C40H27N3O2/c1-40(2)31-10-4-3-9-29(31)30-17-15-24(22-32(30)40)25-16-18-33(41-23-25)26-19-27(38-42-34-11-5-7-13-36(34)44-38)21-28(20-26)39-43-35-12-6-8-14-37(35)45-39/h3-23H,1-2H3. The molecule has 0 atom stereocenters. The number of fused-ring (bicyclic) bond motifs is 5. The van der Waals surface area contributed by atoms with E-state index in [1.165, 1.54) is 22.3 Å². The number of hydrogen-bond donors (Lipinski definition) is 0. The summed E-state index contributed by atoms with van der Waals surface area (Å²) in [7, 11) is 0. The second-order valence-electron chi connectivity index (χ2n) is 12.1. The van der Waals surface area contributed by atoms with Gasteiger partial charge in [0.05, 0.1) is 5.69 Å². The van der Waals surface area contributed by atoms with Crippen molar-refractivity contribution < 1.29 is 8.83 Å². The zero-order chi connectivity index (χ0) is 30.1. The van der Waals surface area contributed by atoms with Crippen LogP contribution in [-0.4, -0.2) is 15.0 Å². The predicted octanol–water partition coefficient (Wildman–Crippen LogP) is 10.3. The molecular weight excluding hydrogens is 554 g/mol. The molecule has 5 aromatic carbocycles. The average Bonchev–Trinajstić information content (AvgIpc) is 3.78. The molecule has 5 heteroatoms. The fraction of sp³-hybridized carbons (Fsp3) is 0.0750. The van der Waals surface area contributed by atoms with Gasteiger partial charge in [-0.05, 0) is 82.4 Å². The highest BCUT2D eigenvalue weighted by atomic mass is 16.4. The second-order valence-corrected chi connectivity index (χ2v) is 12.1. The third-order valence-corrected chi connectivity index (χ3v) is 8.99. The molecule has 5 nitrogen and oxygen atoms in total. The number of benzene rings is 5. The molecule has 0 aliphatic heterocycles. The maximum Gasteiger partial charge on any atom is 0.227 e. The first-order valence-corrected chi connectivity index (χ1v) is 15.1. The van der Waals surface area contributed by atoms with Gasteiger partial charge in [-0.15, -0.1) is 0 Å². The Morgan fingerprint density at radius 3 is 1.71 bits per heavy atom. The summed E-state index contributed by atoms with van der Waals surface area (Å²) in [4.78, 5) is 14.5. The third kappa shape index (κ3) is 4.12. The first kappa shape index (κ1) is 25.7. The molecule has 0 amide bonds. The van der Waals surface area contributed by atoms with Crippen LogP contribution < -0.4 is 0 Å². The molecule has 0 N–H and O–H groups in total. The molecule has 0 saturated heterocycles. The SMILES string of the molecule is CC1(C)c2ccccc2-c2ccc(-c3ccc(-c4cc(-c5nc6ccccc6o5)cc(-c5nc6ccccc6o5)c4)nc3)cc21. The van der Waals surface area contributed by atoms with Gasteiger partial charge in [0.1, 0.15) is 11.0 Å². The van der Waals surface area contributed by atoms with E-state index in [0.717, 1.165) is 55.7 Å². The van der Waals surface area contributed by atoms with Crippen LogP contribution in [0.2, 0.25) is 0 Å². The van der Waals surface area contributed by atoms with E-state index in [4.69, 9.17) is 23.8 Å². The van der Waals surface area contributed by atoms with Crippen LogP contribution in [0.3, 0.4) is 0 Å². The molecule has 3 heterocycles. The summed E-state index contributed by atoms with van der Waals surface area (Å²) in [5.74, 6) is 1.07. The van der Waals surface area contributed by atoms with Gasteiger partial charge in [0, 0.05) is 33.9 Å². The number of pyridine rings is 1. The number of aromatic nitrogens is 3. The molecule has 0 fully saturated rings. The van der Waals surface area contributed by atoms with Crippen LogP contribution in [0.1, 0.15) is 25.0 Å². The van der Waals surface area contributed by atoms with E-state index in [-0.39, 0.29) is 5.41 Å². The first-order valence-electron chi connectivity index (χ1n) is 15.1. The van der Waals surface area contributed by atoms with E-state index in [9.17, 15) is 0 Å². The summed E-state index contributed by atoms with van der Waals surface area (Å²) in [5.41, 5.74) is 14.0. The first-order chi connectivity index (χ1) is 22.0. The van der Waals surface area contributed by atoms with Gasteiger partial charge >= 0.3 is 0 Å². The molecule has 9 rings (SSSR count). The number of oxazole rings is 2. The Morgan fingerprint density at radius 1 is 0.489 bits per heavy atom. The Morgan fingerprint density at radius 2 is 1.07 bits per heavy atom. The average molecular weight is 582 g/mol. The van der Waals surface area contributed by atoms with Crippen LogP contribution in [0, 0.1) is 0 Å². The lowest BCUT2D eigenvalue weighted by molar-refractivity contribution is 0.617. The zero-order valence-corrected chi connectivity index (χ0v) is 24.8. The highest BCUT2D eigenvalue weighted by Crippen LogP contribution is 2.49. The lowest BCUT2D eigenvalue weighted by Gasteiger charge is -2.22. The van der Waals surface area contributed by atoms with E-state index in [0.29, 0.717) is 11.8 Å². The molecule has 214 valence electrons. The fourth-order valence-electron chi connectivity index (χ4n) is 6.63. The molecule has 3 aromatic heterocycles. The van der Waals surface area contributed by atoms with Gasteiger partial charge in [-0.2, -0.15) is 0 Å². The summed E-state index contributed by atoms with van der Waals surface area (Å²) >= 11 is 0. The Hall–Kier alpha value is -5.81. The Kier molecular flexibility index (Phi) is 5.47. The van der Waals surface area contributed by atoms with E-state index >= 15 is 0 Å². The fourth-order valence-corrected chi connectivity index (χ4v) is 6.63. The Bertz CT molecular complexity index is 2260. The van der Waals surface area contributed by atoms with Crippen molar-refractivity contribution >= 4 is 22.2 Å². The molecule has 8 aromatic rings. The quantitative estimate of drug-likeness (QED) is 0.207. The maximum atomic E-state index is 6.17. The van der Waals surface area contributed by atoms with E-state index < -0.39 is 0 Å². The summed E-state index contributed by atoms with van der Waals surface area (Å²) < 4.78 is 12.3. The summed E-state index contributed by atoms with van der Waals surface area (Å²) in [6.45, 7) is 4.61. The third-order valence-electron chi connectivity index (χ3n) is 8.99. The predicted molar refractivity (Wildman–Crippen MR) is 179 cm³/mol. The monoisotopic (exact) mass is 581 g/mol. The minimum Gasteiger partial charge on any atom is -0.436 e. The number of nitrogens with zero attached hydrogens (tertiary/aromatic N) is 3. The molecule has 0 unspecified atom stereocenters. The summed E-state index contributed by atoms with van der Waals surface area (Å²) in [6.07, 6.45) is 1.96. The van der Waals surface area contributed by atoms with Crippen molar-refractivity contribution in [1.29, 1.82) is 0 Å². The van der Waals surface area contributed by atoms with E-state index in [2.05, 4.69) is 80.6 Å². The van der Waals surface area contributed by atoms with Crippen molar-refractivity contribution in [3.63, 3.8) is 0 Å². The number of rotatable bonds is 4. The van der Waals surface area contributed by atoms with Crippen LogP contribution in [0.5, 0.6) is 0 Å². The van der Waals surface area contributed by atoms with Crippen LogP contribution in [-0.2, 0) is 5.41 Å².